The van der Waals surface area contributed by atoms with Gasteiger partial charge >= 0.3 is 0 Å². The standard InChI is InChI=1S/C21H24FN5O2S/c1-13-8-15(27-30(2,3)28)10-18-20(13)21(25-12-24-18)26-17-5-4-14(22)9-19(17)29-16-6-7-23-11-16/h4-5,8-10,12,16,23H,2,6-7,11H2,1,3H3,(H,27,28)(H,24,25,26). The number of halogens is 1. The molecule has 4 rings (SSSR count). The average Bonchev–Trinajstić information content (AvgIpc) is 3.15. The van der Waals surface area contributed by atoms with Gasteiger partial charge in [-0.05, 0) is 55.6 Å². The molecule has 7 nitrogen and oxygen atoms in total. The van der Waals surface area contributed by atoms with Crippen molar-refractivity contribution >= 4 is 43.7 Å². The second-order valence-electron chi connectivity index (χ2n) is 7.51. The zero-order valence-electron chi connectivity index (χ0n) is 16.9. The van der Waals surface area contributed by atoms with Gasteiger partial charge in [-0.1, -0.05) is 0 Å². The van der Waals surface area contributed by atoms with E-state index in [4.69, 9.17) is 4.74 Å². The van der Waals surface area contributed by atoms with Crippen molar-refractivity contribution in [3.05, 3.63) is 48.0 Å². The molecule has 1 aliphatic rings. The smallest absolute Gasteiger partial charge is 0.146 e. The van der Waals surface area contributed by atoms with Crippen molar-refractivity contribution in [2.45, 2.75) is 19.4 Å². The maximum absolute atomic E-state index is 13.9. The third kappa shape index (κ3) is 4.63. The zero-order valence-corrected chi connectivity index (χ0v) is 17.7. The lowest BCUT2D eigenvalue weighted by molar-refractivity contribution is 0.223. The maximum Gasteiger partial charge on any atom is 0.146 e. The van der Waals surface area contributed by atoms with Crippen LogP contribution in [-0.4, -0.2) is 45.5 Å². The number of ether oxygens (including phenoxy) is 1. The van der Waals surface area contributed by atoms with Crippen LogP contribution in [0.15, 0.2) is 36.7 Å². The van der Waals surface area contributed by atoms with E-state index in [1.165, 1.54) is 24.7 Å². The van der Waals surface area contributed by atoms with Gasteiger partial charge in [-0.25, -0.2) is 18.6 Å². The molecule has 1 aromatic heterocycles. The van der Waals surface area contributed by atoms with Gasteiger partial charge in [-0.2, -0.15) is 0 Å². The third-order valence-corrected chi connectivity index (χ3v) is 5.44. The van der Waals surface area contributed by atoms with Crippen LogP contribution in [0.1, 0.15) is 12.0 Å². The predicted octanol–water partition coefficient (Wildman–Crippen LogP) is 3.23. The Kier molecular flexibility index (Phi) is 5.48. The Morgan fingerprint density at radius 2 is 2.13 bits per heavy atom. The monoisotopic (exact) mass is 429 g/mol. The molecule has 3 aromatic rings. The number of aryl methyl sites for hydroxylation is 1. The van der Waals surface area contributed by atoms with Gasteiger partial charge in [0.2, 0.25) is 0 Å². The number of aromatic nitrogens is 2. The van der Waals surface area contributed by atoms with E-state index in [1.54, 1.807) is 12.1 Å². The van der Waals surface area contributed by atoms with E-state index < -0.39 is 9.71 Å². The van der Waals surface area contributed by atoms with Crippen LogP contribution < -0.4 is 20.1 Å². The van der Waals surface area contributed by atoms with Crippen molar-refractivity contribution < 1.29 is 13.3 Å². The highest BCUT2D eigenvalue weighted by Crippen LogP contribution is 2.33. The molecule has 0 amide bonds. The Labute approximate surface area is 175 Å². The highest BCUT2D eigenvalue weighted by molar-refractivity contribution is 8.00. The first kappa shape index (κ1) is 20.4. The molecule has 9 heteroatoms. The number of anilines is 3. The van der Waals surface area contributed by atoms with Crippen LogP contribution >= 0.6 is 0 Å². The van der Waals surface area contributed by atoms with Crippen LogP contribution in [0.25, 0.3) is 10.9 Å². The molecule has 0 aliphatic carbocycles. The molecule has 158 valence electrons. The maximum atomic E-state index is 13.9. The Bertz CT molecular complexity index is 1190. The number of nitrogens with one attached hydrogen (secondary N) is 3. The first-order valence-electron chi connectivity index (χ1n) is 9.58. The highest BCUT2D eigenvalue weighted by Gasteiger charge is 2.19. The van der Waals surface area contributed by atoms with Crippen molar-refractivity contribution in [3.8, 4) is 5.75 Å². The molecule has 1 fully saturated rings. The summed E-state index contributed by atoms with van der Waals surface area (Å²) in [5, 5.41) is 7.32. The molecule has 30 heavy (non-hydrogen) atoms. The Morgan fingerprint density at radius 1 is 1.30 bits per heavy atom. The van der Waals surface area contributed by atoms with Gasteiger partial charge in [-0.15, -0.1) is 0 Å². The van der Waals surface area contributed by atoms with E-state index in [2.05, 4.69) is 31.2 Å². The van der Waals surface area contributed by atoms with Gasteiger partial charge in [0, 0.05) is 39.6 Å². The van der Waals surface area contributed by atoms with Crippen LogP contribution in [0.2, 0.25) is 0 Å². The summed E-state index contributed by atoms with van der Waals surface area (Å²) in [5.41, 5.74) is 2.88. The molecule has 0 saturated carbocycles. The summed E-state index contributed by atoms with van der Waals surface area (Å²) in [5.74, 6) is 4.29. The molecule has 0 bridgehead atoms. The number of hydrogen-bond donors (Lipinski definition) is 3. The number of fused-ring (bicyclic) bond motifs is 1. The first-order chi connectivity index (χ1) is 14.3. The Morgan fingerprint density at radius 3 is 2.87 bits per heavy atom. The second kappa shape index (κ2) is 8.08. The van der Waals surface area contributed by atoms with Crippen LogP contribution in [0, 0.1) is 12.7 Å². The van der Waals surface area contributed by atoms with Gasteiger partial charge in [0.1, 0.15) is 29.8 Å². The average molecular weight is 430 g/mol. The minimum atomic E-state index is -2.41. The summed E-state index contributed by atoms with van der Waals surface area (Å²) in [6, 6.07) is 8.08. The van der Waals surface area contributed by atoms with Gasteiger partial charge in [0.25, 0.3) is 0 Å². The summed E-state index contributed by atoms with van der Waals surface area (Å²) in [6.07, 6.45) is 3.85. The van der Waals surface area contributed by atoms with Gasteiger partial charge in [0.15, 0.2) is 0 Å². The lowest BCUT2D eigenvalue weighted by atomic mass is 10.1. The quantitative estimate of drug-likeness (QED) is 0.522. The molecule has 1 aliphatic heterocycles. The summed E-state index contributed by atoms with van der Waals surface area (Å²) in [4.78, 5) is 8.74. The minimum Gasteiger partial charge on any atom is -0.487 e. The molecular formula is C21H24FN5O2S. The third-order valence-electron chi connectivity index (χ3n) is 4.77. The molecule has 2 aromatic carbocycles. The SMILES string of the molecule is C=S(C)(=O)Nc1cc(C)c2c(Nc3ccc(F)cc3OC3CCNC3)ncnc2c1. The molecule has 2 atom stereocenters. The van der Waals surface area contributed by atoms with E-state index in [0.29, 0.717) is 28.5 Å². The largest absolute Gasteiger partial charge is 0.487 e. The molecule has 2 unspecified atom stereocenters. The van der Waals surface area contributed by atoms with Crippen LogP contribution in [0.3, 0.4) is 0 Å². The predicted molar refractivity (Wildman–Crippen MR) is 121 cm³/mol. The van der Waals surface area contributed by atoms with Crippen LogP contribution in [0.4, 0.5) is 21.6 Å². The number of benzene rings is 2. The van der Waals surface area contributed by atoms with E-state index >= 15 is 0 Å². The number of rotatable bonds is 6. The van der Waals surface area contributed by atoms with Crippen LogP contribution in [0.5, 0.6) is 5.75 Å². The summed E-state index contributed by atoms with van der Waals surface area (Å²) < 4.78 is 34.8. The molecule has 0 radical (unpaired) electrons. The highest BCUT2D eigenvalue weighted by atomic mass is 32.2. The molecule has 0 spiro atoms. The minimum absolute atomic E-state index is 0.00332. The number of hydrogen-bond acceptors (Lipinski definition) is 6. The van der Waals surface area contributed by atoms with E-state index in [1.807, 2.05) is 13.0 Å². The number of nitrogens with zero attached hydrogens (tertiary/aromatic N) is 2. The second-order valence-corrected chi connectivity index (χ2v) is 9.73. The van der Waals surface area contributed by atoms with Crippen molar-refractivity contribution in [1.82, 2.24) is 15.3 Å². The van der Waals surface area contributed by atoms with Gasteiger partial charge in [0.05, 0.1) is 11.2 Å². The molecule has 1 saturated heterocycles. The van der Waals surface area contributed by atoms with Crippen molar-refractivity contribution in [2.75, 3.05) is 29.4 Å². The Balaban J connectivity index is 1.70. The lowest BCUT2D eigenvalue weighted by Crippen LogP contribution is -2.20. The molecule has 2 heterocycles. The molecule has 3 N–H and O–H groups in total. The fraction of sp³-hybridized carbons (Fsp3) is 0.286. The van der Waals surface area contributed by atoms with Crippen LogP contribution in [-0.2, 0) is 9.71 Å². The summed E-state index contributed by atoms with van der Waals surface area (Å²) >= 11 is 0. The first-order valence-corrected chi connectivity index (χ1v) is 11.7. The van der Waals surface area contributed by atoms with Gasteiger partial charge in [-0.3, -0.25) is 0 Å². The van der Waals surface area contributed by atoms with Crippen molar-refractivity contribution in [2.24, 2.45) is 0 Å². The Hall–Kier alpha value is -2.91. The fourth-order valence-corrected chi connectivity index (χ4v) is 4.14. The topological polar surface area (TPSA) is 88.2 Å². The fourth-order valence-electron chi connectivity index (χ4n) is 3.53. The molecular weight excluding hydrogens is 405 g/mol. The van der Waals surface area contributed by atoms with Crippen molar-refractivity contribution in [3.63, 3.8) is 0 Å². The van der Waals surface area contributed by atoms with E-state index in [9.17, 15) is 8.60 Å². The van der Waals surface area contributed by atoms with E-state index in [0.717, 1.165) is 30.5 Å². The van der Waals surface area contributed by atoms with Crippen molar-refractivity contribution in [1.29, 1.82) is 0 Å². The summed E-state index contributed by atoms with van der Waals surface area (Å²) in [6.45, 7) is 3.54. The lowest BCUT2D eigenvalue weighted by Gasteiger charge is -2.18. The zero-order chi connectivity index (χ0) is 21.3. The van der Waals surface area contributed by atoms with Gasteiger partial charge < -0.3 is 20.1 Å². The summed E-state index contributed by atoms with van der Waals surface area (Å²) in [7, 11) is -2.41. The van der Waals surface area contributed by atoms with E-state index in [-0.39, 0.29) is 11.9 Å². The normalized spacial score (nSPS) is 18.2.